The monoisotopic (exact) mass is 272 g/mol. The summed E-state index contributed by atoms with van der Waals surface area (Å²) in [6, 6.07) is 6.75. The summed E-state index contributed by atoms with van der Waals surface area (Å²) >= 11 is 0. The van der Waals surface area contributed by atoms with Gasteiger partial charge >= 0.3 is 0 Å². The average molecular weight is 272 g/mol. The van der Waals surface area contributed by atoms with E-state index >= 15 is 0 Å². The van der Waals surface area contributed by atoms with Gasteiger partial charge in [0.15, 0.2) is 0 Å². The van der Waals surface area contributed by atoms with Crippen LogP contribution in [0.4, 0.5) is 13.2 Å². The highest BCUT2D eigenvalue weighted by atomic mass is 19.3. The van der Waals surface area contributed by atoms with Crippen molar-refractivity contribution in [2.75, 3.05) is 13.2 Å². The van der Waals surface area contributed by atoms with Crippen LogP contribution in [0.5, 0.6) is 0 Å². The van der Waals surface area contributed by atoms with Crippen LogP contribution < -0.4 is 5.73 Å². The van der Waals surface area contributed by atoms with Gasteiger partial charge in [-0.15, -0.1) is 0 Å². The Morgan fingerprint density at radius 2 is 2.00 bits per heavy atom. The van der Waals surface area contributed by atoms with Crippen molar-refractivity contribution in [1.82, 2.24) is 0 Å². The third-order valence-corrected chi connectivity index (χ3v) is 3.01. The number of rotatable bonds is 6. The van der Waals surface area contributed by atoms with E-state index in [9.17, 15) is 13.2 Å². The predicted octanol–water partition coefficient (Wildman–Crippen LogP) is 2.57. The molecule has 3 nitrogen and oxygen atoms in total. The third kappa shape index (κ3) is 3.06. The van der Waals surface area contributed by atoms with Crippen LogP contribution in [-0.2, 0) is 10.3 Å². The second kappa shape index (κ2) is 6.04. The number of benzene rings is 1. The van der Waals surface area contributed by atoms with E-state index in [1.807, 2.05) is 0 Å². The summed E-state index contributed by atoms with van der Waals surface area (Å²) in [6.07, 6.45) is -0.170. The molecule has 0 fully saturated rings. The minimum Gasteiger partial charge on any atom is -0.360 e. The summed E-state index contributed by atoms with van der Waals surface area (Å²) in [7, 11) is 0. The lowest BCUT2D eigenvalue weighted by atomic mass is 9.82. The molecule has 0 heterocycles. The number of nitrogens with zero attached hydrogens (tertiary/aromatic N) is 1. The first-order valence-electron chi connectivity index (χ1n) is 5.75. The van der Waals surface area contributed by atoms with Crippen LogP contribution in [0, 0.1) is 17.1 Å². The van der Waals surface area contributed by atoms with E-state index in [1.54, 1.807) is 6.07 Å². The number of nitrogens with two attached hydrogens (primary N) is 1. The van der Waals surface area contributed by atoms with Crippen molar-refractivity contribution in [2.45, 2.75) is 24.8 Å². The van der Waals surface area contributed by atoms with E-state index in [0.717, 1.165) is 6.07 Å². The third-order valence-electron chi connectivity index (χ3n) is 3.01. The normalized spacial score (nSPS) is 14.7. The van der Waals surface area contributed by atoms with Gasteiger partial charge in [0.05, 0.1) is 6.07 Å². The second-order valence-electron chi connectivity index (χ2n) is 4.16. The van der Waals surface area contributed by atoms with Crippen LogP contribution >= 0.6 is 0 Å². The van der Waals surface area contributed by atoms with E-state index in [4.69, 9.17) is 11.0 Å². The van der Waals surface area contributed by atoms with Crippen LogP contribution in [0.3, 0.4) is 0 Å². The molecule has 0 aliphatic carbocycles. The fourth-order valence-electron chi connectivity index (χ4n) is 1.82. The molecule has 0 saturated heterocycles. The molecule has 0 amide bonds. The average Bonchev–Trinajstić information content (AvgIpc) is 2.38. The summed E-state index contributed by atoms with van der Waals surface area (Å²) in [5, 5.41) is 8.27. The van der Waals surface area contributed by atoms with Crippen LogP contribution in [0.2, 0.25) is 0 Å². The smallest absolute Gasteiger partial charge is 0.292 e. The zero-order valence-electron chi connectivity index (χ0n) is 10.5. The fraction of sp³-hybridized carbons (Fsp3) is 0.462. The SMILES string of the molecule is CCC(N)(c1ccccc1F)C(F)(F)COCC#N. The van der Waals surface area contributed by atoms with Gasteiger partial charge in [0.1, 0.15) is 24.6 Å². The Hall–Kier alpha value is -1.58. The Morgan fingerprint density at radius 1 is 1.37 bits per heavy atom. The summed E-state index contributed by atoms with van der Waals surface area (Å²) in [5.74, 6) is -4.27. The van der Waals surface area contributed by atoms with E-state index in [0.29, 0.717) is 0 Å². The largest absolute Gasteiger partial charge is 0.360 e. The molecule has 0 spiro atoms. The molecule has 0 aliphatic rings. The molecule has 0 bridgehead atoms. The van der Waals surface area contributed by atoms with E-state index < -0.39 is 30.5 Å². The minimum absolute atomic E-state index is 0.170. The zero-order chi connectivity index (χ0) is 14.5. The summed E-state index contributed by atoms with van der Waals surface area (Å²) < 4.78 is 46.5. The van der Waals surface area contributed by atoms with Crippen LogP contribution in [0.15, 0.2) is 24.3 Å². The van der Waals surface area contributed by atoms with Gasteiger partial charge in [-0.1, -0.05) is 25.1 Å². The minimum atomic E-state index is -3.49. The fourth-order valence-corrected chi connectivity index (χ4v) is 1.82. The number of ether oxygens (including phenoxy) is 1. The highest BCUT2D eigenvalue weighted by Gasteiger charge is 2.52. The van der Waals surface area contributed by atoms with Crippen molar-refractivity contribution in [3.8, 4) is 6.07 Å². The van der Waals surface area contributed by atoms with Gasteiger partial charge in [-0.05, 0) is 12.5 Å². The molecule has 1 aromatic rings. The van der Waals surface area contributed by atoms with E-state index in [2.05, 4.69) is 4.74 Å². The zero-order valence-corrected chi connectivity index (χ0v) is 10.5. The van der Waals surface area contributed by atoms with Crippen molar-refractivity contribution >= 4 is 0 Å². The molecule has 1 atom stereocenters. The molecule has 6 heteroatoms. The van der Waals surface area contributed by atoms with Gasteiger partial charge in [0.2, 0.25) is 0 Å². The van der Waals surface area contributed by atoms with E-state index in [-0.39, 0.29) is 12.0 Å². The van der Waals surface area contributed by atoms with Gasteiger partial charge < -0.3 is 10.5 Å². The molecule has 19 heavy (non-hydrogen) atoms. The maximum atomic E-state index is 14.1. The summed E-state index contributed by atoms with van der Waals surface area (Å²) in [6.45, 7) is -0.0451. The predicted molar refractivity (Wildman–Crippen MR) is 63.9 cm³/mol. The topological polar surface area (TPSA) is 59.0 Å². The number of hydrogen-bond donors (Lipinski definition) is 1. The molecular formula is C13H15F3N2O. The molecule has 104 valence electrons. The van der Waals surface area contributed by atoms with Gasteiger partial charge in [-0.2, -0.15) is 5.26 Å². The van der Waals surface area contributed by atoms with Gasteiger partial charge in [0.25, 0.3) is 5.92 Å². The molecular weight excluding hydrogens is 257 g/mol. The van der Waals surface area contributed by atoms with Crippen molar-refractivity contribution in [3.05, 3.63) is 35.6 Å². The first kappa shape index (κ1) is 15.5. The highest BCUT2D eigenvalue weighted by molar-refractivity contribution is 5.28. The molecule has 0 aromatic heterocycles. The number of nitriles is 1. The second-order valence-corrected chi connectivity index (χ2v) is 4.16. The molecule has 1 unspecified atom stereocenters. The van der Waals surface area contributed by atoms with Crippen molar-refractivity contribution in [1.29, 1.82) is 5.26 Å². The van der Waals surface area contributed by atoms with Crippen molar-refractivity contribution < 1.29 is 17.9 Å². The molecule has 0 saturated carbocycles. The maximum absolute atomic E-state index is 14.1. The first-order chi connectivity index (χ1) is 8.89. The number of hydrogen-bond acceptors (Lipinski definition) is 3. The Kier molecular flexibility index (Phi) is 4.92. The van der Waals surface area contributed by atoms with Crippen LogP contribution in [0.1, 0.15) is 18.9 Å². The lowest BCUT2D eigenvalue weighted by Gasteiger charge is -2.36. The Balaban J connectivity index is 3.09. The van der Waals surface area contributed by atoms with Gasteiger partial charge in [0, 0.05) is 5.56 Å². The Bertz CT molecular complexity index is 473. The summed E-state index contributed by atoms with van der Waals surface area (Å²) in [5.41, 5.74) is 3.29. The molecule has 2 N–H and O–H groups in total. The van der Waals surface area contributed by atoms with E-state index in [1.165, 1.54) is 25.1 Å². The lowest BCUT2D eigenvalue weighted by molar-refractivity contribution is -0.130. The number of halogens is 3. The van der Waals surface area contributed by atoms with Crippen LogP contribution in [0.25, 0.3) is 0 Å². The molecule has 1 rings (SSSR count). The first-order valence-corrected chi connectivity index (χ1v) is 5.75. The van der Waals surface area contributed by atoms with Crippen molar-refractivity contribution in [2.24, 2.45) is 5.73 Å². The molecule has 0 radical (unpaired) electrons. The van der Waals surface area contributed by atoms with Crippen molar-refractivity contribution in [3.63, 3.8) is 0 Å². The van der Waals surface area contributed by atoms with Crippen LogP contribution in [-0.4, -0.2) is 19.1 Å². The number of alkyl halides is 2. The summed E-state index contributed by atoms with van der Waals surface area (Å²) in [4.78, 5) is 0. The maximum Gasteiger partial charge on any atom is 0.292 e. The standard InChI is InChI=1S/C13H15F3N2O/c1-2-12(18,10-5-3-4-6-11(10)14)13(15,16)9-19-8-7-17/h3-6H,2,8-9,18H2,1H3. The lowest BCUT2D eigenvalue weighted by Crippen LogP contribution is -2.55. The van der Waals surface area contributed by atoms with Gasteiger partial charge in [-0.25, -0.2) is 13.2 Å². The van der Waals surface area contributed by atoms with Gasteiger partial charge in [-0.3, -0.25) is 0 Å². The highest BCUT2D eigenvalue weighted by Crippen LogP contribution is 2.39. The molecule has 0 aliphatic heterocycles. The molecule has 1 aromatic carbocycles. The Labute approximate surface area is 109 Å². The Morgan fingerprint density at radius 3 is 2.53 bits per heavy atom. The quantitative estimate of drug-likeness (QED) is 0.810.